The lowest BCUT2D eigenvalue weighted by atomic mass is 10.1. The Morgan fingerprint density at radius 2 is 2.27 bits per heavy atom. The fraction of sp³-hybridized carbons (Fsp3) is 0. The van der Waals surface area contributed by atoms with Gasteiger partial charge in [-0.05, 0) is 18.1 Å². The van der Waals surface area contributed by atoms with Gasteiger partial charge in [0.1, 0.15) is 5.82 Å². The summed E-state index contributed by atoms with van der Waals surface area (Å²) < 4.78 is 12.4. The molecule has 0 bridgehead atoms. The highest BCUT2D eigenvalue weighted by Crippen LogP contribution is 2.03. The molecule has 0 radical (unpaired) electrons. The molecule has 0 spiro atoms. The summed E-state index contributed by atoms with van der Waals surface area (Å²) in [6.07, 6.45) is 4.83. The van der Waals surface area contributed by atoms with E-state index in [1.807, 2.05) is 5.92 Å². The van der Waals surface area contributed by atoms with Crippen molar-refractivity contribution < 1.29 is 9.18 Å². The van der Waals surface area contributed by atoms with Crippen LogP contribution in [0.1, 0.15) is 10.4 Å². The summed E-state index contributed by atoms with van der Waals surface area (Å²) in [7, 11) is 0. The molecule has 2 heteroatoms. The topological polar surface area (TPSA) is 17.1 Å². The van der Waals surface area contributed by atoms with Crippen molar-refractivity contribution in [3.63, 3.8) is 0 Å². The number of halogens is 1. The Labute approximate surface area is 63.9 Å². The maximum atomic E-state index is 12.4. The van der Waals surface area contributed by atoms with Gasteiger partial charge in [-0.2, -0.15) is 0 Å². The van der Waals surface area contributed by atoms with E-state index in [-0.39, 0.29) is 5.56 Å². The second-order valence-corrected chi connectivity index (χ2v) is 1.98. The van der Waals surface area contributed by atoms with Crippen molar-refractivity contribution in [2.45, 2.75) is 0 Å². The number of carbonyl (C=O) groups excluding carboxylic acids is 1. The van der Waals surface area contributed by atoms with E-state index in [1.54, 1.807) is 0 Å². The van der Waals surface area contributed by atoms with Crippen LogP contribution in [0.4, 0.5) is 4.39 Å². The number of carbonyl (C=O) groups is 1. The molecule has 0 atom stereocenters. The Morgan fingerprint density at radius 1 is 1.55 bits per heavy atom. The summed E-state index contributed by atoms with van der Waals surface area (Å²) in [5.41, 5.74) is 0.215. The minimum Gasteiger partial charge on any atom is -0.279 e. The summed E-state index contributed by atoms with van der Waals surface area (Å²) in [4.78, 5) is 10.8. The Bertz CT molecular complexity index is 323. The fourth-order valence-corrected chi connectivity index (χ4v) is 0.713. The number of hydrogen-bond donors (Lipinski definition) is 0. The molecule has 1 aromatic rings. The quantitative estimate of drug-likeness (QED) is 0.336. The van der Waals surface area contributed by atoms with E-state index in [0.29, 0.717) is 0 Å². The van der Waals surface area contributed by atoms with Crippen LogP contribution in [0, 0.1) is 18.2 Å². The van der Waals surface area contributed by atoms with Crippen LogP contribution in [0.3, 0.4) is 0 Å². The van der Waals surface area contributed by atoms with Gasteiger partial charge in [0, 0.05) is 5.56 Å². The highest BCUT2D eigenvalue weighted by molar-refractivity contribution is 6.08. The van der Waals surface area contributed by atoms with Crippen LogP contribution < -0.4 is 0 Å². The van der Waals surface area contributed by atoms with E-state index in [1.165, 1.54) is 18.2 Å². The molecular weight excluding hydrogens is 143 g/mol. The van der Waals surface area contributed by atoms with Crippen LogP contribution in [0.15, 0.2) is 24.3 Å². The van der Waals surface area contributed by atoms with E-state index in [2.05, 4.69) is 0 Å². The summed E-state index contributed by atoms with van der Waals surface area (Å²) in [6.45, 7) is 0. The maximum Gasteiger partial charge on any atom is 0.235 e. The number of benzene rings is 1. The van der Waals surface area contributed by atoms with Crippen LogP contribution in [0.5, 0.6) is 0 Å². The van der Waals surface area contributed by atoms with E-state index >= 15 is 0 Å². The van der Waals surface area contributed by atoms with Gasteiger partial charge in [0.25, 0.3) is 0 Å². The number of ketones is 1. The zero-order valence-electron chi connectivity index (χ0n) is 5.67. The molecule has 0 N–H and O–H groups in total. The minimum absolute atomic E-state index is 0.215. The molecule has 54 valence electrons. The first kappa shape index (κ1) is 7.49. The zero-order valence-corrected chi connectivity index (χ0v) is 5.67. The molecular formula is C9H5FO. The number of rotatable bonds is 1. The maximum absolute atomic E-state index is 12.4. The predicted octanol–water partition coefficient (Wildman–Crippen LogP) is 1.64. The van der Waals surface area contributed by atoms with Gasteiger partial charge in [-0.25, -0.2) is 4.39 Å². The van der Waals surface area contributed by atoms with Gasteiger partial charge in [0.15, 0.2) is 0 Å². The molecule has 0 saturated carbocycles. The highest BCUT2D eigenvalue weighted by Gasteiger charge is 2.00. The first-order chi connectivity index (χ1) is 5.24. The average Bonchev–Trinajstić information content (AvgIpc) is 2.03. The molecule has 0 amide bonds. The summed E-state index contributed by atoms with van der Waals surface area (Å²) in [5.74, 6) is 0.954. The molecule has 11 heavy (non-hydrogen) atoms. The van der Waals surface area contributed by atoms with Crippen LogP contribution in [-0.2, 0) is 0 Å². The first-order valence-corrected chi connectivity index (χ1v) is 3.00. The fourth-order valence-electron chi connectivity index (χ4n) is 0.713. The first-order valence-electron chi connectivity index (χ1n) is 3.00. The number of hydrogen-bond acceptors (Lipinski definition) is 1. The molecule has 0 aliphatic carbocycles. The van der Waals surface area contributed by atoms with Crippen LogP contribution in [0.2, 0.25) is 0 Å². The third-order valence-electron chi connectivity index (χ3n) is 1.22. The van der Waals surface area contributed by atoms with Crippen LogP contribution >= 0.6 is 0 Å². The van der Waals surface area contributed by atoms with Crippen LogP contribution in [0.25, 0.3) is 0 Å². The second-order valence-electron chi connectivity index (χ2n) is 1.98. The average molecular weight is 148 g/mol. The molecule has 1 aromatic carbocycles. The standard InChI is InChI=1S/C9H5FO/c1-2-9(11)7-4-3-5-8(10)6-7/h1,3-6H. The van der Waals surface area contributed by atoms with E-state index in [9.17, 15) is 9.18 Å². The van der Waals surface area contributed by atoms with Gasteiger partial charge >= 0.3 is 0 Å². The van der Waals surface area contributed by atoms with Crippen molar-refractivity contribution in [1.82, 2.24) is 0 Å². The van der Waals surface area contributed by atoms with Crippen LogP contribution in [-0.4, -0.2) is 5.78 Å². The van der Waals surface area contributed by atoms with Gasteiger partial charge in [-0.15, -0.1) is 6.42 Å². The minimum atomic E-state index is -0.496. The monoisotopic (exact) mass is 148 g/mol. The molecule has 0 aliphatic heterocycles. The van der Waals surface area contributed by atoms with Gasteiger partial charge in [0.05, 0.1) is 0 Å². The Balaban J connectivity index is 3.08. The molecule has 0 aliphatic rings. The smallest absolute Gasteiger partial charge is 0.235 e. The molecule has 1 rings (SSSR count). The molecule has 0 unspecified atom stereocenters. The largest absolute Gasteiger partial charge is 0.279 e. The summed E-state index contributed by atoms with van der Waals surface area (Å²) in [6, 6.07) is 5.29. The van der Waals surface area contributed by atoms with Gasteiger partial charge in [0.2, 0.25) is 5.78 Å². The molecule has 0 heterocycles. The van der Waals surface area contributed by atoms with Crippen molar-refractivity contribution >= 4 is 5.78 Å². The van der Waals surface area contributed by atoms with E-state index < -0.39 is 11.6 Å². The summed E-state index contributed by atoms with van der Waals surface area (Å²) >= 11 is 0. The van der Waals surface area contributed by atoms with E-state index in [0.717, 1.165) is 6.07 Å². The molecule has 0 fully saturated rings. The van der Waals surface area contributed by atoms with Gasteiger partial charge < -0.3 is 0 Å². The SMILES string of the molecule is C#CC(=O)c1cccc(F)c1. The Kier molecular flexibility index (Phi) is 2.03. The molecule has 1 nitrogen and oxygen atoms in total. The van der Waals surface area contributed by atoms with Crippen molar-refractivity contribution in [1.29, 1.82) is 0 Å². The van der Waals surface area contributed by atoms with E-state index in [4.69, 9.17) is 6.42 Å². The van der Waals surface area contributed by atoms with Gasteiger partial charge in [-0.1, -0.05) is 12.1 Å². The van der Waals surface area contributed by atoms with Crippen molar-refractivity contribution in [3.05, 3.63) is 35.6 Å². The summed E-state index contributed by atoms with van der Waals surface area (Å²) in [5, 5.41) is 0. The Hall–Kier alpha value is -1.62. The number of Topliss-reactive ketones (excluding diaryl/α,β-unsaturated/α-hetero) is 1. The van der Waals surface area contributed by atoms with Crippen molar-refractivity contribution in [3.8, 4) is 12.3 Å². The normalized spacial score (nSPS) is 8.73. The molecule has 0 aromatic heterocycles. The van der Waals surface area contributed by atoms with Crippen molar-refractivity contribution in [2.24, 2.45) is 0 Å². The molecule has 0 saturated heterocycles. The lowest BCUT2D eigenvalue weighted by Crippen LogP contribution is -1.94. The van der Waals surface area contributed by atoms with Gasteiger partial charge in [-0.3, -0.25) is 4.79 Å². The zero-order chi connectivity index (χ0) is 8.27. The second kappa shape index (κ2) is 2.98. The lowest BCUT2D eigenvalue weighted by Gasteiger charge is -1.91. The Morgan fingerprint density at radius 3 is 2.82 bits per heavy atom. The predicted molar refractivity (Wildman–Crippen MR) is 39.6 cm³/mol. The van der Waals surface area contributed by atoms with Crippen molar-refractivity contribution in [2.75, 3.05) is 0 Å². The lowest BCUT2D eigenvalue weighted by molar-refractivity contribution is 0.105. The third kappa shape index (κ3) is 1.65. The number of terminal acetylenes is 1. The highest BCUT2D eigenvalue weighted by atomic mass is 19.1. The third-order valence-corrected chi connectivity index (χ3v) is 1.22.